The van der Waals surface area contributed by atoms with Crippen molar-refractivity contribution in [1.29, 1.82) is 0 Å². The van der Waals surface area contributed by atoms with Crippen LogP contribution in [0.3, 0.4) is 0 Å². The van der Waals surface area contributed by atoms with Gasteiger partial charge in [-0.25, -0.2) is 0 Å². The fraction of sp³-hybridized carbons (Fsp3) is 0.562. The quantitative estimate of drug-likeness (QED) is 0.794. The number of hydrogen-bond donors (Lipinski definition) is 1. The Bertz CT molecular complexity index is 426. The second kappa shape index (κ2) is 5.96. The van der Waals surface area contributed by atoms with Crippen molar-refractivity contribution < 1.29 is 4.79 Å². The first kappa shape index (κ1) is 14.4. The predicted octanol–water partition coefficient (Wildman–Crippen LogP) is 3.49. The lowest BCUT2D eigenvalue weighted by Gasteiger charge is -2.22. The van der Waals surface area contributed by atoms with Crippen LogP contribution in [0.4, 0.5) is 0 Å². The molecule has 19 heavy (non-hydrogen) atoms. The van der Waals surface area contributed by atoms with Crippen LogP contribution in [0.5, 0.6) is 0 Å². The zero-order valence-electron chi connectivity index (χ0n) is 11.7. The van der Waals surface area contributed by atoms with Crippen molar-refractivity contribution in [3.8, 4) is 0 Å². The summed E-state index contributed by atoms with van der Waals surface area (Å²) in [6.45, 7) is 4.30. The van der Waals surface area contributed by atoms with E-state index in [0.717, 1.165) is 24.8 Å². The van der Waals surface area contributed by atoms with E-state index in [4.69, 9.17) is 11.6 Å². The van der Waals surface area contributed by atoms with E-state index in [1.54, 1.807) is 0 Å². The lowest BCUT2D eigenvalue weighted by molar-refractivity contribution is -0.124. The highest BCUT2D eigenvalue weighted by molar-refractivity contribution is 6.18. The van der Waals surface area contributed by atoms with Gasteiger partial charge in [-0.05, 0) is 30.7 Å². The lowest BCUT2D eigenvalue weighted by atomic mass is 9.94. The Labute approximate surface area is 120 Å². The summed E-state index contributed by atoms with van der Waals surface area (Å²) in [6, 6.07) is 10.1. The SMILES string of the molecule is CC(C)CC(CCl)NC(=O)C1(c2ccccc2)CC1. The molecule has 3 heteroatoms. The second-order valence-corrected chi connectivity index (χ2v) is 6.21. The number of nitrogens with one attached hydrogen (secondary N) is 1. The number of benzene rings is 1. The fourth-order valence-electron chi connectivity index (χ4n) is 2.58. The molecule has 0 bridgehead atoms. The average Bonchev–Trinajstić information content (AvgIpc) is 3.20. The summed E-state index contributed by atoms with van der Waals surface area (Å²) in [7, 11) is 0. The van der Waals surface area contributed by atoms with Crippen LogP contribution in [0, 0.1) is 5.92 Å². The maximum absolute atomic E-state index is 12.5. The fourth-order valence-corrected chi connectivity index (χ4v) is 2.79. The average molecular weight is 280 g/mol. The lowest BCUT2D eigenvalue weighted by Crippen LogP contribution is -2.43. The summed E-state index contributed by atoms with van der Waals surface area (Å²) >= 11 is 5.96. The van der Waals surface area contributed by atoms with E-state index < -0.39 is 0 Å². The Kier molecular flexibility index (Phi) is 4.51. The van der Waals surface area contributed by atoms with Crippen LogP contribution in [0.15, 0.2) is 30.3 Å². The maximum Gasteiger partial charge on any atom is 0.230 e. The molecule has 1 amide bonds. The summed E-state index contributed by atoms with van der Waals surface area (Å²) in [4.78, 5) is 12.5. The number of carbonyl (C=O) groups is 1. The molecule has 1 fully saturated rings. The van der Waals surface area contributed by atoms with Crippen LogP contribution in [0.2, 0.25) is 0 Å². The molecular formula is C16H22ClNO. The van der Waals surface area contributed by atoms with Crippen LogP contribution in [-0.2, 0) is 10.2 Å². The minimum atomic E-state index is -0.289. The molecule has 0 aliphatic heterocycles. The maximum atomic E-state index is 12.5. The van der Waals surface area contributed by atoms with E-state index >= 15 is 0 Å². The zero-order valence-corrected chi connectivity index (χ0v) is 12.4. The number of hydrogen-bond acceptors (Lipinski definition) is 1. The first-order valence-electron chi connectivity index (χ1n) is 7.01. The summed E-state index contributed by atoms with van der Waals surface area (Å²) in [5.74, 6) is 1.16. The second-order valence-electron chi connectivity index (χ2n) is 5.90. The van der Waals surface area contributed by atoms with Gasteiger partial charge >= 0.3 is 0 Å². The predicted molar refractivity (Wildman–Crippen MR) is 79.5 cm³/mol. The van der Waals surface area contributed by atoms with Gasteiger partial charge in [-0.15, -0.1) is 11.6 Å². The van der Waals surface area contributed by atoms with Crippen LogP contribution in [-0.4, -0.2) is 17.8 Å². The molecule has 1 aromatic rings. The minimum Gasteiger partial charge on any atom is -0.351 e. The first-order valence-corrected chi connectivity index (χ1v) is 7.54. The van der Waals surface area contributed by atoms with E-state index in [1.807, 2.05) is 30.3 Å². The molecule has 1 saturated carbocycles. The molecule has 1 aliphatic rings. The molecule has 1 N–H and O–H groups in total. The number of carbonyl (C=O) groups excluding carboxylic acids is 1. The molecule has 0 saturated heterocycles. The van der Waals surface area contributed by atoms with Crippen LogP contribution in [0.1, 0.15) is 38.7 Å². The Morgan fingerprint density at radius 2 is 1.95 bits per heavy atom. The molecule has 0 spiro atoms. The normalized spacial score (nSPS) is 18.1. The Balaban J connectivity index is 2.04. The Morgan fingerprint density at radius 1 is 1.32 bits per heavy atom. The third-order valence-electron chi connectivity index (χ3n) is 3.79. The van der Waals surface area contributed by atoms with Gasteiger partial charge in [-0.1, -0.05) is 44.2 Å². The Hall–Kier alpha value is -1.02. The van der Waals surface area contributed by atoms with Gasteiger partial charge < -0.3 is 5.32 Å². The largest absolute Gasteiger partial charge is 0.351 e. The number of amides is 1. The summed E-state index contributed by atoms with van der Waals surface area (Å²) in [5.41, 5.74) is 0.841. The Morgan fingerprint density at radius 3 is 2.42 bits per heavy atom. The van der Waals surface area contributed by atoms with Crippen molar-refractivity contribution in [3.05, 3.63) is 35.9 Å². The molecule has 1 aliphatic carbocycles. The van der Waals surface area contributed by atoms with Gasteiger partial charge in [0.05, 0.1) is 5.41 Å². The molecule has 0 radical (unpaired) electrons. The molecule has 1 aromatic carbocycles. The van der Waals surface area contributed by atoms with Crippen molar-refractivity contribution in [1.82, 2.24) is 5.32 Å². The summed E-state index contributed by atoms with van der Waals surface area (Å²) < 4.78 is 0. The van der Waals surface area contributed by atoms with Gasteiger partial charge in [-0.3, -0.25) is 4.79 Å². The zero-order chi connectivity index (χ0) is 13.9. The molecular weight excluding hydrogens is 258 g/mol. The van der Waals surface area contributed by atoms with Crippen molar-refractivity contribution in [2.75, 3.05) is 5.88 Å². The summed E-state index contributed by atoms with van der Waals surface area (Å²) in [6.07, 6.45) is 2.82. The summed E-state index contributed by atoms with van der Waals surface area (Å²) in [5, 5.41) is 3.13. The standard InChI is InChI=1S/C16H22ClNO/c1-12(2)10-14(11-17)18-15(19)16(8-9-16)13-6-4-3-5-7-13/h3-7,12,14H,8-11H2,1-2H3,(H,18,19). The van der Waals surface area contributed by atoms with E-state index in [-0.39, 0.29) is 17.4 Å². The number of alkyl halides is 1. The van der Waals surface area contributed by atoms with E-state index in [1.165, 1.54) is 0 Å². The molecule has 2 rings (SSSR count). The molecule has 0 heterocycles. The van der Waals surface area contributed by atoms with Crippen LogP contribution >= 0.6 is 11.6 Å². The van der Waals surface area contributed by atoms with Gasteiger partial charge in [0.25, 0.3) is 0 Å². The topological polar surface area (TPSA) is 29.1 Å². The first-order chi connectivity index (χ1) is 9.08. The molecule has 1 unspecified atom stereocenters. The van der Waals surface area contributed by atoms with E-state index in [2.05, 4.69) is 19.2 Å². The highest BCUT2D eigenvalue weighted by Crippen LogP contribution is 2.48. The van der Waals surface area contributed by atoms with Gasteiger partial charge in [-0.2, -0.15) is 0 Å². The van der Waals surface area contributed by atoms with Crippen LogP contribution in [0.25, 0.3) is 0 Å². The molecule has 2 nitrogen and oxygen atoms in total. The smallest absolute Gasteiger partial charge is 0.230 e. The van der Waals surface area contributed by atoms with Crippen molar-refractivity contribution in [2.24, 2.45) is 5.92 Å². The highest BCUT2D eigenvalue weighted by atomic mass is 35.5. The third-order valence-corrected chi connectivity index (χ3v) is 4.16. The van der Waals surface area contributed by atoms with Gasteiger partial charge in [0.1, 0.15) is 0 Å². The van der Waals surface area contributed by atoms with Crippen molar-refractivity contribution in [2.45, 2.75) is 44.6 Å². The monoisotopic (exact) mass is 279 g/mol. The van der Waals surface area contributed by atoms with Gasteiger partial charge in [0.2, 0.25) is 5.91 Å². The minimum absolute atomic E-state index is 0.0790. The number of halogens is 1. The third kappa shape index (κ3) is 3.30. The van der Waals surface area contributed by atoms with Crippen molar-refractivity contribution >= 4 is 17.5 Å². The van der Waals surface area contributed by atoms with Crippen molar-refractivity contribution in [3.63, 3.8) is 0 Å². The van der Waals surface area contributed by atoms with E-state index in [9.17, 15) is 4.79 Å². The number of rotatable bonds is 6. The van der Waals surface area contributed by atoms with Gasteiger partial charge in [0.15, 0.2) is 0 Å². The molecule has 1 atom stereocenters. The highest BCUT2D eigenvalue weighted by Gasteiger charge is 2.51. The molecule has 0 aromatic heterocycles. The van der Waals surface area contributed by atoms with Gasteiger partial charge in [0, 0.05) is 11.9 Å². The van der Waals surface area contributed by atoms with E-state index in [0.29, 0.717) is 11.8 Å². The molecule has 104 valence electrons. The van der Waals surface area contributed by atoms with Crippen LogP contribution < -0.4 is 5.32 Å².